The van der Waals surface area contributed by atoms with Gasteiger partial charge in [0.1, 0.15) is 5.82 Å². The molecule has 6 nitrogen and oxygen atoms in total. The number of nitrogens with one attached hydrogen (secondary N) is 1. The molecule has 10 heteroatoms. The number of fused-ring (bicyclic) bond motifs is 1. The lowest BCUT2D eigenvalue weighted by atomic mass is 10.0. The second-order valence-corrected chi connectivity index (χ2v) is 6.15. The summed E-state index contributed by atoms with van der Waals surface area (Å²) in [5.74, 6) is -1.87. The van der Waals surface area contributed by atoms with Crippen molar-refractivity contribution in [3.8, 4) is 11.5 Å². The highest BCUT2D eigenvalue weighted by molar-refractivity contribution is 6.31. The number of alkyl halides is 2. The Hall–Kier alpha value is -3.07. The first-order valence-corrected chi connectivity index (χ1v) is 8.08. The van der Waals surface area contributed by atoms with Crippen LogP contribution in [0.15, 0.2) is 40.8 Å². The van der Waals surface area contributed by atoms with Crippen molar-refractivity contribution in [2.45, 2.75) is 13.0 Å². The summed E-state index contributed by atoms with van der Waals surface area (Å²) in [4.78, 5) is 12.5. The number of hydrogen-bond donors (Lipinski definition) is 1. The number of hydrazine groups is 1. The molecular formula is C17H10ClF3N4O2. The van der Waals surface area contributed by atoms with E-state index in [1.54, 1.807) is 12.1 Å². The van der Waals surface area contributed by atoms with Crippen LogP contribution in [0, 0.1) is 5.82 Å². The summed E-state index contributed by atoms with van der Waals surface area (Å²) in [7, 11) is 0. The van der Waals surface area contributed by atoms with Crippen LogP contribution in [-0.4, -0.2) is 16.1 Å². The maximum Gasteiger partial charge on any atom is 0.314 e. The van der Waals surface area contributed by atoms with Crippen LogP contribution in [0.4, 0.5) is 18.9 Å². The van der Waals surface area contributed by atoms with Crippen molar-refractivity contribution in [1.82, 2.24) is 15.6 Å². The van der Waals surface area contributed by atoms with Crippen LogP contribution in [0.3, 0.4) is 0 Å². The number of rotatable bonds is 3. The number of nitrogens with zero attached hydrogens (tertiary/aromatic N) is 3. The number of amides is 1. The number of hydrogen-bond acceptors (Lipinski definition) is 5. The smallest absolute Gasteiger partial charge is 0.314 e. The lowest BCUT2D eigenvalue weighted by Gasteiger charge is -2.31. The summed E-state index contributed by atoms with van der Waals surface area (Å²) < 4.78 is 43.4. The number of halogens is 4. The van der Waals surface area contributed by atoms with E-state index in [0.717, 1.165) is 0 Å². The van der Waals surface area contributed by atoms with Crippen LogP contribution in [0.1, 0.15) is 28.2 Å². The Bertz CT molecular complexity index is 1040. The summed E-state index contributed by atoms with van der Waals surface area (Å²) in [6.07, 6.45) is -2.87. The molecule has 4 rings (SSSR count). The highest BCUT2D eigenvalue weighted by atomic mass is 35.5. The van der Waals surface area contributed by atoms with Crippen molar-refractivity contribution < 1.29 is 22.4 Å². The van der Waals surface area contributed by atoms with Crippen molar-refractivity contribution in [1.29, 1.82) is 0 Å². The largest absolute Gasteiger partial charge is 0.415 e. The van der Waals surface area contributed by atoms with Gasteiger partial charge in [-0.1, -0.05) is 17.7 Å². The first-order valence-electron chi connectivity index (χ1n) is 7.71. The maximum absolute atomic E-state index is 13.3. The monoisotopic (exact) mass is 394 g/mol. The second kappa shape index (κ2) is 6.58. The fourth-order valence-electron chi connectivity index (χ4n) is 2.70. The van der Waals surface area contributed by atoms with Crippen molar-refractivity contribution in [2.75, 3.05) is 5.01 Å². The molecule has 0 spiro atoms. The molecule has 1 amide bonds. The third-order valence-electron chi connectivity index (χ3n) is 4.01. The van der Waals surface area contributed by atoms with E-state index in [4.69, 9.17) is 16.0 Å². The first kappa shape index (κ1) is 17.3. The normalized spacial score (nSPS) is 13.7. The van der Waals surface area contributed by atoms with E-state index in [9.17, 15) is 18.0 Å². The van der Waals surface area contributed by atoms with Gasteiger partial charge in [0.05, 0.1) is 17.3 Å². The summed E-state index contributed by atoms with van der Waals surface area (Å²) >= 11 is 5.79. The van der Waals surface area contributed by atoms with E-state index in [0.29, 0.717) is 28.9 Å². The zero-order chi connectivity index (χ0) is 19.1. The van der Waals surface area contributed by atoms with Crippen LogP contribution >= 0.6 is 11.6 Å². The van der Waals surface area contributed by atoms with Gasteiger partial charge in [0.25, 0.3) is 11.8 Å². The minimum atomic E-state index is -2.87. The van der Waals surface area contributed by atoms with Crippen LogP contribution in [0.25, 0.3) is 11.5 Å². The average Bonchev–Trinajstić information content (AvgIpc) is 3.14. The Morgan fingerprint density at radius 2 is 2.00 bits per heavy atom. The van der Waals surface area contributed by atoms with Crippen molar-refractivity contribution in [3.63, 3.8) is 0 Å². The van der Waals surface area contributed by atoms with E-state index in [2.05, 4.69) is 15.6 Å². The minimum absolute atomic E-state index is 0.0610. The molecule has 0 aliphatic carbocycles. The maximum atomic E-state index is 13.3. The molecule has 2 aromatic carbocycles. The lowest BCUT2D eigenvalue weighted by molar-refractivity contribution is 0.0938. The first-order chi connectivity index (χ1) is 12.9. The van der Waals surface area contributed by atoms with Crippen molar-refractivity contribution in [3.05, 3.63) is 64.3 Å². The molecule has 0 unspecified atom stereocenters. The molecule has 0 atom stereocenters. The van der Waals surface area contributed by atoms with Gasteiger partial charge >= 0.3 is 6.43 Å². The van der Waals surface area contributed by atoms with Gasteiger partial charge in [-0.05, 0) is 35.9 Å². The predicted octanol–water partition coefficient (Wildman–Crippen LogP) is 4.13. The molecule has 0 saturated heterocycles. The van der Waals surface area contributed by atoms with Crippen LogP contribution in [0.5, 0.6) is 0 Å². The standard InChI is InChI=1S/C17H10ClF3N4O2/c18-12-6-10(3-4-13(12)19)25-7-9-2-1-8(5-11(9)15(26)24-25)16-22-23-17(27-16)14(20)21/h1-6,14H,7H2,(H,24,26). The van der Waals surface area contributed by atoms with E-state index in [-0.39, 0.29) is 10.9 Å². The third kappa shape index (κ3) is 3.21. The molecule has 0 saturated carbocycles. The van der Waals surface area contributed by atoms with Crippen LogP contribution < -0.4 is 10.4 Å². The van der Waals surface area contributed by atoms with Gasteiger partial charge < -0.3 is 4.42 Å². The lowest BCUT2D eigenvalue weighted by Crippen LogP contribution is -2.46. The molecule has 1 aliphatic heterocycles. The predicted molar refractivity (Wildman–Crippen MR) is 89.8 cm³/mol. The number of aromatic nitrogens is 2. The van der Waals surface area contributed by atoms with E-state index in [1.165, 1.54) is 29.3 Å². The van der Waals surface area contributed by atoms with Gasteiger partial charge in [-0.3, -0.25) is 15.2 Å². The Labute approximate surface area is 155 Å². The van der Waals surface area contributed by atoms with Crippen LogP contribution in [0.2, 0.25) is 5.02 Å². The van der Waals surface area contributed by atoms with E-state index in [1.807, 2.05) is 0 Å². The quantitative estimate of drug-likeness (QED) is 0.723. The van der Waals surface area contributed by atoms with E-state index >= 15 is 0 Å². The van der Waals surface area contributed by atoms with Gasteiger partial charge in [0.2, 0.25) is 5.89 Å². The van der Waals surface area contributed by atoms with Crippen molar-refractivity contribution >= 4 is 23.2 Å². The summed E-state index contributed by atoms with van der Waals surface area (Å²) in [6.45, 7) is 0.301. The molecule has 0 bridgehead atoms. The van der Waals surface area contributed by atoms with Gasteiger partial charge in [0.15, 0.2) is 0 Å². The Morgan fingerprint density at radius 1 is 1.19 bits per heavy atom. The number of carbonyl (C=O) groups excluding carboxylic acids is 1. The van der Waals surface area contributed by atoms with Crippen LogP contribution in [-0.2, 0) is 6.54 Å². The molecule has 138 valence electrons. The van der Waals surface area contributed by atoms with Crippen molar-refractivity contribution in [2.24, 2.45) is 0 Å². The van der Waals surface area contributed by atoms with Gasteiger partial charge in [0, 0.05) is 11.1 Å². The average molecular weight is 395 g/mol. The molecule has 1 aliphatic rings. The number of anilines is 1. The summed E-state index contributed by atoms with van der Waals surface area (Å²) in [6, 6.07) is 8.84. The highest BCUT2D eigenvalue weighted by Crippen LogP contribution is 2.29. The minimum Gasteiger partial charge on any atom is -0.415 e. The molecule has 1 aromatic heterocycles. The molecule has 27 heavy (non-hydrogen) atoms. The molecule has 3 aromatic rings. The number of benzene rings is 2. The molecule has 2 heterocycles. The zero-order valence-electron chi connectivity index (χ0n) is 13.4. The number of carbonyl (C=O) groups is 1. The highest BCUT2D eigenvalue weighted by Gasteiger charge is 2.25. The van der Waals surface area contributed by atoms with E-state index < -0.39 is 24.0 Å². The van der Waals surface area contributed by atoms with Gasteiger partial charge in [-0.15, -0.1) is 10.2 Å². The summed E-state index contributed by atoms with van der Waals surface area (Å²) in [5, 5.41) is 8.31. The zero-order valence-corrected chi connectivity index (χ0v) is 14.2. The SMILES string of the molecule is O=C1NN(c2ccc(F)c(Cl)c2)Cc2ccc(-c3nnc(C(F)F)o3)cc21. The second-order valence-electron chi connectivity index (χ2n) is 5.74. The topological polar surface area (TPSA) is 71.3 Å². The Morgan fingerprint density at radius 3 is 2.70 bits per heavy atom. The molecule has 0 fully saturated rings. The molecule has 0 radical (unpaired) electrons. The molecular weight excluding hydrogens is 385 g/mol. The summed E-state index contributed by atoms with van der Waals surface area (Å²) in [5.41, 5.74) is 4.55. The fraction of sp³-hybridized carbons (Fsp3) is 0.118. The Balaban J connectivity index is 1.64. The Kier molecular flexibility index (Phi) is 4.23. The van der Waals surface area contributed by atoms with Gasteiger partial charge in [-0.2, -0.15) is 8.78 Å². The molecule has 1 N–H and O–H groups in total. The van der Waals surface area contributed by atoms with Gasteiger partial charge in [-0.25, -0.2) is 4.39 Å². The fourth-order valence-corrected chi connectivity index (χ4v) is 2.87. The third-order valence-corrected chi connectivity index (χ3v) is 4.30.